The molecule has 2 aromatic carbocycles. The van der Waals surface area contributed by atoms with Gasteiger partial charge < -0.3 is 15.1 Å². The van der Waals surface area contributed by atoms with Crippen LogP contribution in [0.3, 0.4) is 0 Å². The molecule has 0 fully saturated rings. The molecule has 0 aliphatic heterocycles. The quantitative estimate of drug-likeness (QED) is 0.450. The van der Waals surface area contributed by atoms with Gasteiger partial charge in [-0.15, -0.1) is 0 Å². The molecule has 34 heavy (non-hydrogen) atoms. The van der Waals surface area contributed by atoms with E-state index in [9.17, 15) is 26.8 Å². The number of furan rings is 1. The van der Waals surface area contributed by atoms with E-state index in [1.54, 1.807) is 36.4 Å². The van der Waals surface area contributed by atoms with Crippen molar-refractivity contribution in [1.82, 2.24) is 5.32 Å². The molecule has 8 nitrogen and oxygen atoms in total. The van der Waals surface area contributed by atoms with Gasteiger partial charge in [-0.1, -0.05) is 12.1 Å². The lowest BCUT2D eigenvalue weighted by Crippen LogP contribution is -2.31. The van der Waals surface area contributed by atoms with E-state index in [2.05, 4.69) is 10.6 Å². The van der Waals surface area contributed by atoms with E-state index in [1.807, 2.05) is 0 Å². The summed E-state index contributed by atoms with van der Waals surface area (Å²) in [5.41, 5.74) is 0.507. The summed E-state index contributed by atoms with van der Waals surface area (Å²) < 4.78 is 57.1. The van der Waals surface area contributed by atoms with Crippen molar-refractivity contribution in [1.29, 1.82) is 0 Å². The highest BCUT2D eigenvalue weighted by Crippen LogP contribution is 2.21. The summed E-state index contributed by atoms with van der Waals surface area (Å²) in [5.74, 6) is -2.54. The minimum Gasteiger partial charge on any atom is -0.467 e. The minimum absolute atomic E-state index is 0.0413. The number of nitrogens with zero attached hydrogens (tertiary/aromatic N) is 1. The van der Waals surface area contributed by atoms with Crippen molar-refractivity contribution in [3.05, 3.63) is 83.8 Å². The second-order valence-electron chi connectivity index (χ2n) is 7.39. The van der Waals surface area contributed by atoms with Gasteiger partial charge in [0.05, 0.1) is 36.0 Å². The van der Waals surface area contributed by atoms with Crippen LogP contribution in [0.15, 0.2) is 65.3 Å². The number of rotatable bonds is 10. The molecular weight excluding hydrogens is 468 g/mol. The number of hydrogen-bond acceptors (Lipinski definition) is 5. The van der Waals surface area contributed by atoms with Crippen LogP contribution < -0.4 is 14.9 Å². The van der Waals surface area contributed by atoms with Gasteiger partial charge in [0, 0.05) is 19.0 Å². The zero-order valence-corrected chi connectivity index (χ0v) is 19.1. The molecule has 1 aromatic heterocycles. The van der Waals surface area contributed by atoms with E-state index in [1.165, 1.54) is 6.26 Å². The third kappa shape index (κ3) is 6.64. The molecule has 1 heterocycles. The number of para-hydroxylation sites is 1. The fourth-order valence-electron chi connectivity index (χ4n) is 3.19. The van der Waals surface area contributed by atoms with Gasteiger partial charge in [0.25, 0.3) is 5.91 Å². The van der Waals surface area contributed by atoms with Gasteiger partial charge in [0.15, 0.2) is 11.6 Å². The molecule has 0 unspecified atom stereocenters. The maximum absolute atomic E-state index is 13.6. The summed E-state index contributed by atoms with van der Waals surface area (Å²) in [4.78, 5) is 25.0. The van der Waals surface area contributed by atoms with E-state index in [4.69, 9.17) is 4.42 Å². The first-order chi connectivity index (χ1) is 16.1. The van der Waals surface area contributed by atoms with Gasteiger partial charge in [0.2, 0.25) is 15.9 Å². The number of anilines is 2. The molecule has 0 bridgehead atoms. The number of benzene rings is 2. The molecule has 0 saturated carbocycles. The molecule has 0 atom stereocenters. The number of halogens is 2. The van der Waals surface area contributed by atoms with Crippen LogP contribution in [0.4, 0.5) is 20.2 Å². The van der Waals surface area contributed by atoms with Crippen molar-refractivity contribution in [2.75, 3.05) is 22.4 Å². The third-order valence-corrected chi connectivity index (χ3v) is 6.00. The number of hydrogen-bond donors (Lipinski definition) is 2. The van der Waals surface area contributed by atoms with E-state index in [-0.39, 0.29) is 37.2 Å². The average Bonchev–Trinajstić information content (AvgIpc) is 3.30. The SMILES string of the molecule is CS(=O)(=O)N(CCCC(=O)Nc1ccccc1C(=O)NCc1ccco1)c1ccc(F)c(F)c1. The molecule has 0 spiro atoms. The Bertz CT molecular complexity index is 1260. The molecule has 11 heteroatoms. The zero-order valence-electron chi connectivity index (χ0n) is 18.3. The Labute approximate surface area is 195 Å². The van der Waals surface area contributed by atoms with Gasteiger partial charge in [-0.05, 0) is 42.8 Å². The highest BCUT2D eigenvalue weighted by atomic mass is 32.2. The van der Waals surface area contributed by atoms with Crippen LogP contribution >= 0.6 is 0 Å². The van der Waals surface area contributed by atoms with Crippen LogP contribution in [0.25, 0.3) is 0 Å². The monoisotopic (exact) mass is 491 g/mol. The first-order valence-electron chi connectivity index (χ1n) is 10.3. The van der Waals surface area contributed by atoms with Crippen LogP contribution in [-0.2, 0) is 21.4 Å². The number of amides is 2. The van der Waals surface area contributed by atoms with Crippen LogP contribution in [0.5, 0.6) is 0 Å². The molecular formula is C23H23F2N3O5S. The van der Waals surface area contributed by atoms with Crippen molar-refractivity contribution in [3.8, 4) is 0 Å². The zero-order chi connectivity index (χ0) is 24.7. The lowest BCUT2D eigenvalue weighted by atomic mass is 10.1. The Morgan fingerprint density at radius 2 is 1.79 bits per heavy atom. The van der Waals surface area contributed by atoms with E-state index < -0.39 is 33.5 Å². The maximum Gasteiger partial charge on any atom is 0.253 e. The van der Waals surface area contributed by atoms with Crippen molar-refractivity contribution < 1.29 is 31.2 Å². The topological polar surface area (TPSA) is 109 Å². The average molecular weight is 492 g/mol. The standard InChI is InChI=1S/C23H23F2N3O5S/c1-34(31,32)28(16-10-11-19(24)20(25)14-16)12-4-9-22(29)27-21-8-3-2-7-18(21)23(30)26-15-17-6-5-13-33-17/h2-3,5-8,10-11,13-14H,4,9,12,15H2,1H3,(H,26,30)(H,27,29). The predicted molar refractivity (Wildman–Crippen MR) is 123 cm³/mol. The highest BCUT2D eigenvalue weighted by molar-refractivity contribution is 7.92. The Morgan fingerprint density at radius 3 is 2.47 bits per heavy atom. The number of carbonyl (C=O) groups excluding carboxylic acids is 2. The van der Waals surface area contributed by atoms with Gasteiger partial charge in [-0.2, -0.15) is 0 Å². The molecule has 0 aliphatic rings. The number of sulfonamides is 1. The first-order valence-corrected chi connectivity index (χ1v) is 12.1. The Morgan fingerprint density at radius 1 is 1.03 bits per heavy atom. The van der Waals surface area contributed by atoms with Crippen LogP contribution in [-0.4, -0.2) is 33.0 Å². The smallest absolute Gasteiger partial charge is 0.253 e. The molecule has 0 saturated heterocycles. The number of nitrogens with one attached hydrogen (secondary N) is 2. The molecule has 180 valence electrons. The highest BCUT2D eigenvalue weighted by Gasteiger charge is 2.20. The first kappa shape index (κ1) is 24.9. The van der Waals surface area contributed by atoms with Gasteiger partial charge >= 0.3 is 0 Å². The second kappa shape index (κ2) is 10.9. The molecule has 3 rings (SSSR count). The minimum atomic E-state index is -3.80. The summed E-state index contributed by atoms with van der Waals surface area (Å²) in [6, 6.07) is 12.6. The summed E-state index contributed by atoms with van der Waals surface area (Å²) in [7, 11) is -3.80. The Balaban J connectivity index is 1.60. The van der Waals surface area contributed by atoms with Crippen LogP contribution in [0, 0.1) is 11.6 Å². The molecule has 0 radical (unpaired) electrons. The second-order valence-corrected chi connectivity index (χ2v) is 9.30. The van der Waals surface area contributed by atoms with Crippen molar-refractivity contribution in [2.24, 2.45) is 0 Å². The summed E-state index contributed by atoms with van der Waals surface area (Å²) in [6.45, 7) is 0.0576. The normalized spacial score (nSPS) is 11.1. The van der Waals surface area contributed by atoms with Crippen molar-refractivity contribution in [2.45, 2.75) is 19.4 Å². The molecule has 2 N–H and O–H groups in total. The van der Waals surface area contributed by atoms with Gasteiger partial charge in [0.1, 0.15) is 5.76 Å². The lowest BCUT2D eigenvalue weighted by molar-refractivity contribution is -0.116. The summed E-state index contributed by atoms with van der Waals surface area (Å²) in [6.07, 6.45) is 2.46. The predicted octanol–water partition coefficient (Wildman–Crippen LogP) is 3.67. The van der Waals surface area contributed by atoms with Gasteiger partial charge in [-0.3, -0.25) is 13.9 Å². The van der Waals surface area contributed by atoms with Crippen molar-refractivity contribution >= 4 is 33.2 Å². The third-order valence-electron chi connectivity index (χ3n) is 4.81. The Kier molecular flexibility index (Phi) is 8.00. The maximum atomic E-state index is 13.6. The van der Waals surface area contributed by atoms with Gasteiger partial charge in [-0.25, -0.2) is 17.2 Å². The molecule has 0 aliphatic carbocycles. The fraction of sp³-hybridized carbons (Fsp3) is 0.217. The number of carbonyl (C=O) groups is 2. The molecule has 3 aromatic rings. The van der Waals surface area contributed by atoms with E-state index in [0.717, 1.165) is 28.8 Å². The fourth-order valence-corrected chi connectivity index (χ4v) is 4.15. The van der Waals surface area contributed by atoms with Crippen LogP contribution in [0.1, 0.15) is 29.0 Å². The Hall–Kier alpha value is -3.73. The van der Waals surface area contributed by atoms with Crippen molar-refractivity contribution in [3.63, 3.8) is 0 Å². The van der Waals surface area contributed by atoms with E-state index >= 15 is 0 Å². The summed E-state index contributed by atoms with van der Waals surface area (Å²) in [5, 5.41) is 5.35. The largest absolute Gasteiger partial charge is 0.467 e. The van der Waals surface area contributed by atoms with E-state index in [0.29, 0.717) is 11.4 Å². The summed E-state index contributed by atoms with van der Waals surface area (Å²) >= 11 is 0. The van der Waals surface area contributed by atoms with Crippen LogP contribution in [0.2, 0.25) is 0 Å². The lowest BCUT2D eigenvalue weighted by Gasteiger charge is -2.22. The molecule has 2 amide bonds.